The first-order chi connectivity index (χ1) is 43.9. The molecule has 35 heteroatoms. The van der Waals surface area contributed by atoms with Crippen LogP contribution in [0.25, 0.3) is 21.1 Å². The summed E-state index contributed by atoms with van der Waals surface area (Å²) in [7, 11) is 0. The third-order valence-corrected chi connectivity index (χ3v) is 17.6. The fourth-order valence-corrected chi connectivity index (χ4v) is 12.4. The van der Waals surface area contributed by atoms with Gasteiger partial charge in [0.25, 0.3) is 18.2 Å². The number of fused-ring (bicyclic) bond motifs is 2. The summed E-state index contributed by atoms with van der Waals surface area (Å²) in [6.45, 7) is 5.26. The number of hydrogen-bond acceptors (Lipinski definition) is 26. The fraction of sp³-hybridized carbons (Fsp3) is 0.517. The van der Waals surface area contributed by atoms with Crippen molar-refractivity contribution in [2.45, 2.75) is 144 Å². The number of phenolic OH excluding ortho intramolecular Hbond substituents is 1. The molecular formula is C58H74N11NaO21S2. The number of nitrogens with two attached hydrogens (primary N) is 1. The first-order valence-corrected chi connectivity index (χ1v) is 31.0. The SMILES string of the molecule is CCCOC1CCN(c2ccc(-c3nnc(-c4ccc(C(=O)NC5CC(O)CNC(=O)C6C(O)C(C)CN6C(=O)C(C(O)CC(N)=O)NC(=O)C(C(O)C(O)c6ccc(O)c(OSOO[O-])c6)NC(=O)C6CC(O)CN6C(=O)C(C(C)O)NC5=O)cc4)s3)cc2)CC1.[Na+]. The third kappa shape index (κ3) is 18.4. The number of nitrogens with zero attached hydrogens (tertiary/aromatic N) is 5. The molecule has 3 aromatic carbocycles. The summed E-state index contributed by atoms with van der Waals surface area (Å²) in [5.74, 6) is -12.0. The molecule has 14 atom stereocenters. The van der Waals surface area contributed by atoms with E-state index in [0.717, 1.165) is 85.1 Å². The number of rotatable bonds is 19. The molecule has 4 saturated heterocycles. The maximum absolute atomic E-state index is 14.7. The van der Waals surface area contributed by atoms with Gasteiger partial charge in [-0.25, -0.2) is 0 Å². The molecule has 0 aliphatic carbocycles. The Morgan fingerprint density at radius 3 is 2.05 bits per heavy atom. The average molecular weight is 1350 g/mol. The molecule has 8 amide bonds. The van der Waals surface area contributed by atoms with Crippen molar-refractivity contribution in [3.05, 3.63) is 77.9 Å². The number of benzene rings is 3. The Kier molecular flexibility index (Phi) is 26.6. The first kappa shape index (κ1) is 73.7. The first-order valence-electron chi connectivity index (χ1n) is 29.6. The van der Waals surface area contributed by atoms with Crippen molar-refractivity contribution in [2.24, 2.45) is 11.7 Å². The van der Waals surface area contributed by atoms with Crippen LogP contribution in [0.15, 0.2) is 66.7 Å². The maximum atomic E-state index is 14.7. The number of ether oxygens (including phenoxy) is 1. The van der Waals surface area contributed by atoms with Crippen LogP contribution in [0.1, 0.15) is 81.3 Å². The number of primary amides is 1. The van der Waals surface area contributed by atoms with E-state index in [1.54, 1.807) is 12.1 Å². The van der Waals surface area contributed by atoms with Gasteiger partial charge in [0.2, 0.25) is 41.4 Å². The summed E-state index contributed by atoms with van der Waals surface area (Å²) in [6.07, 6.45) is -13.1. The molecule has 1 aromatic heterocycles. The molecule has 32 nitrogen and oxygen atoms in total. The molecule has 0 saturated carbocycles. The molecule has 0 spiro atoms. The number of carbonyl (C=O) groups excluding carboxylic acids is 8. The number of aromatic hydroxyl groups is 1. The van der Waals surface area contributed by atoms with Gasteiger partial charge in [-0.2, -0.15) is 0 Å². The van der Waals surface area contributed by atoms with Gasteiger partial charge in [-0.3, -0.25) is 43.4 Å². The second kappa shape index (κ2) is 33.6. The summed E-state index contributed by atoms with van der Waals surface area (Å²) >= 11 is 1.22. The Morgan fingerprint density at radius 1 is 0.806 bits per heavy atom. The maximum Gasteiger partial charge on any atom is 1.00 e. The van der Waals surface area contributed by atoms with Gasteiger partial charge in [-0.15, -0.1) is 14.5 Å². The van der Waals surface area contributed by atoms with Crippen molar-refractivity contribution in [3.63, 3.8) is 0 Å². The number of β-amino-alcohol motifs (C(OH)–C–C–N with tert-alkyl or cyclic N) is 1. The van der Waals surface area contributed by atoms with E-state index in [-0.39, 0.29) is 59.1 Å². The van der Waals surface area contributed by atoms with Gasteiger partial charge < -0.3 is 102 Å². The molecule has 4 aromatic rings. The van der Waals surface area contributed by atoms with Crippen LogP contribution >= 0.6 is 23.7 Å². The number of carbonyl (C=O) groups is 8. The van der Waals surface area contributed by atoms with E-state index >= 15 is 0 Å². The molecule has 5 heterocycles. The van der Waals surface area contributed by atoms with E-state index in [4.69, 9.17) is 14.7 Å². The van der Waals surface area contributed by atoms with Gasteiger partial charge >= 0.3 is 29.6 Å². The van der Waals surface area contributed by atoms with Crippen LogP contribution in [0.5, 0.6) is 11.5 Å². The van der Waals surface area contributed by atoms with Crippen molar-refractivity contribution in [1.82, 2.24) is 46.6 Å². The van der Waals surface area contributed by atoms with E-state index < -0.39 is 183 Å². The number of amides is 8. The van der Waals surface area contributed by atoms with Crippen LogP contribution in [0.3, 0.4) is 0 Å². The predicted molar refractivity (Wildman–Crippen MR) is 321 cm³/mol. The minimum atomic E-state index is -2.54. The average Bonchev–Trinajstić information content (AvgIpc) is 1.72. The number of nitrogens with one attached hydrogen (secondary N) is 5. The summed E-state index contributed by atoms with van der Waals surface area (Å²) < 4.78 is 15.0. The second-order valence-corrected chi connectivity index (χ2v) is 24.4. The largest absolute Gasteiger partial charge is 1.00 e. The Balaban J connectivity index is 0.0000123. The minimum Gasteiger partial charge on any atom is -0.691 e. The van der Waals surface area contributed by atoms with Gasteiger partial charge in [0.15, 0.2) is 11.5 Å². The van der Waals surface area contributed by atoms with Gasteiger partial charge in [0, 0.05) is 80.5 Å². The fourth-order valence-electron chi connectivity index (χ4n) is 11.3. The van der Waals surface area contributed by atoms with Crippen LogP contribution in [-0.2, 0) is 47.7 Å². The molecule has 0 bridgehead atoms. The molecule has 93 heavy (non-hydrogen) atoms. The standard InChI is InChI=1S/C58H75N11O21S2.Na/c1-4-19-87-36-15-17-67(18-16-36)33-12-9-31(10-13-33)56-66-65-55(91-56)30-7-5-29(6-8-30)50(79)61-37-21-34(71)24-60-54(83)46-47(76)27(2)25-69(46)58(85)44(40(74)23-42(59)75)63-53(82)45(49(78)48(77)32-11-14-39(73)41(20-32)88-92-90-89-86)64-52(81)38-22-35(72)26-68(38)57(84)43(28(3)70)62-51(37)80;/h5-14,20,27-28,34-38,40,43-49,70-74,76-78,86H,4,15-19,21-26H2,1-3H3,(H2,59,75)(H,60,83)(H,61,79)(H,62,80)(H,63,82)(H,64,81);/q;+1/p-1. The minimum absolute atomic E-state index is 0. The smallest absolute Gasteiger partial charge is 0.691 e. The zero-order chi connectivity index (χ0) is 66.7. The van der Waals surface area contributed by atoms with E-state index in [1.165, 1.54) is 30.4 Å². The van der Waals surface area contributed by atoms with Crippen molar-refractivity contribution in [1.29, 1.82) is 0 Å². The topological polar surface area (TPSA) is 480 Å². The summed E-state index contributed by atoms with van der Waals surface area (Å²) in [5, 5.41) is 125. The van der Waals surface area contributed by atoms with E-state index in [9.17, 15) is 84.5 Å². The Labute approximate surface area is 563 Å². The Bertz CT molecular complexity index is 3260. The van der Waals surface area contributed by atoms with Crippen LogP contribution in [0, 0.1) is 5.92 Å². The molecule has 15 N–H and O–H groups in total. The number of aliphatic hydroxyl groups is 7. The monoisotopic (exact) mass is 1350 g/mol. The molecule has 500 valence electrons. The summed E-state index contributed by atoms with van der Waals surface area (Å²) in [6, 6.07) is 4.62. The molecule has 8 rings (SSSR count). The third-order valence-electron chi connectivity index (χ3n) is 16.2. The van der Waals surface area contributed by atoms with Gasteiger partial charge in [-0.05, 0) is 80.3 Å². The van der Waals surface area contributed by atoms with Crippen LogP contribution in [0.2, 0.25) is 0 Å². The van der Waals surface area contributed by atoms with E-state index in [1.807, 2.05) is 24.3 Å². The zero-order valence-corrected chi connectivity index (χ0v) is 54.6. The Hall–Kier alpha value is -6.71. The number of piperidine rings is 1. The van der Waals surface area contributed by atoms with Crippen molar-refractivity contribution < 1.29 is 132 Å². The van der Waals surface area contributed by atoms with Crippen molar-refractivity contribution in [2.75, 3.05) is 44.2 Å². The van der Waals surface area contributed by atoms with Gasteiger partial charge in [-0.1, -0.05) is 43.4 Å². The van der Waals surface area contributed by atoms with Crippen LogP contribution in [-0.4, -0.2) is 226 Å². The van der Waals surface area contributed by atoms with E-state index in [0.29, 0.717) is 15.6 Å². The van der Waals surface area contributed by atoms with Crippen LogP contribution < -0.4 is 76.2 Å². The number of hydrogen-bond donors (Lipinski definition) is 14. The predicted octanol–water partition coefficient (Wildman–Crippen LogP) is -6.54. The number of anilines is 1. The Morgan fingerprint density at radius 2 is 1.43 bits per heavy atom. The van der Waals surface area contributed by atoms with Crippen molar-refractivity contribution >= 4 is 76.6 Å². The quantitative estimate of drug-likeness (QED) is 0.0136. The molecule has 4 aliphatic rings. The normalized spacial score (nSPS) is 26.0. The zero-order valence-electron chi connectivity index (χ0n) is 51.0. The molecule has 0 radical (unpaired) electrons. The number of aliphatic hydroxyl groups excluding tert-OH is 7. The molecular weight excluding hydrogens is 1270 g/mol. The second-order valence-electron chi connectivity index (χ2n) is 22.9. The van der Waals surface area contributed by atoms with Crippen LogP contribution in [0.4, 0.5) is 5.69 Å². The van der Waals surface area contributed by atoms with E-state index in [2.05, 4.69) is 58.0 Å². The number of phenols is 1. The van der Waals surface area contributed by atoms with Crippen molar-refractivity contribution in [3.8, 4) is 32.6 Å². The molecule has 4 fully saturated rings. The molecule has 4 aliphatic heterocycles. The molecule has 14 unspecified atom stereocenters. The summed E-state index contributed by atoms with van der Waals surface area (Å²) in [5.41, 5.74) is 7.51. The van der Waals surface area contributed by atoms with Gasteiger partial charge in [0.1, 0.15) is 58.5 Å². The number of aromatic nitrogens is 2. The van der Waals surface area contributed by atoms with Gasteiger partial charge in [0.05, 0.1) is 43.0 Å². The summed E-state index contributed by atoms with van der Waals surface area (Å²) in [4.78, 5) is 117.